The minimum absolute atomic E-state index is 0.0467. The molecule has 0 aromatic heterocycles. The molecule has 5 nitrogen and oxygen atoms in total. The van der Waals surface area contributed by atoms with Crippen LogP contribution < -0.4 is 4.74 Å². The monoisotopic (exact) mass is 308 g/mol. The molecule has 2 aromatic rings. The Hall–Kier alpha value is -3.08. The van der Waals surface area contributed by atoms with E-state index >= 15 is 0 Å². The van der Waals surface area contributed by atoms with Crippen LogP contribution >= 0.6 is 0 Å². The summed E-state index contributed by atoms with van der Waals surface area (Å²) in [6, 6.07) is 9.13. The van der Waals surface area contributed by atoms with Crippen LogP contribution in [0.25, 0.3) is 0 Å². The second-order valence-electron chi connectivity index (χ2n) is 4.17. The number of halogens is 3. The van der Waals surface area contributed by atoms with Crippen LogP contribution in [0.15, 0.2) is 42.5 Å². The average molecular weight is 308 g/mol. The topological polar surface area (TPSA) is 76.2 Å². The van der Waals surface area contributed by atoms with Crippen molar-refractivity contribution in [1.29, 1.82) is 5.26 Å². The van der Waals surface area contributed by atoms with Crippen molar-refractivity contribution in [2.75, 3.05) is 0 Å². The number of nitriles is 1. The zero-order chi connectivity index (χ0) is 16.3. The van der Waals surface area contributed by atoms with E-state index in [1.807, 2.05) is 0 Å². The van der Waals surface area contributed by atoms with Crippen LogP contribution in [0.1, 0.15) is 11.1 Å². The first-order chi connectivity index (χ1) is 10.3. The first-order valence-electron chi connectivity index (χ1n) is 5.85. The number of benzene rings is 2. The lowest BCUT2D eigenvalue weighted by atomic mass is 10.2. The largest absolute Gasteiger partial charge is 0.457 e. The molecule has 112 valence electrons. The molecule has 22 heavy (non-hydrogen) atoms. The lowest BCUT2D eigenvalue weighted by molar-refractivity contribution is -0.385. The van der Waals surface area contributed by atoms with Crippen LogP contribution in [0.4, 0.5) is 18.9 Å². The summed E-state index contributed by atoms with van der Waals surface area (Å²) in [5.41, 5.74) is -1.40. The molecule has 2 aromatic carbocycles. The van der Waals surface area contributed by atoms with Crippen LogP contribution in [-0.2, 0) is 6.18 Å². The summed E-state index contributed by atoms with van der Waals surface area (Å²) < 4.78 is 42.5. The fourth-order valence-corrected chi connectivity index (χ4v) is 1.67. The molecule has 0 saturated heterocycles. The summed E-state index contributed by atoms with van der Waals surface area (Å²) in [6.45, 7) is 0. The van der Waals surface area contributed by atoms with Gasteiger partial charge in [0, 0.05) is 0 Å². The van der Waals surface area contributed by atoms with E-state index in [4.69, 9.17) is 10.00 Å². The molecule has 0 bridgehead atoms. The predicted octanol–water partition coefficient (Wildman–Crippen LogP) is 4.28. The molecule has 0 radical (unpaired) electrons. The zero-order valence-electron chi connectivity index (χ0n) is 10.8. The van der Waals surface area contributed by atoms with E-state index in [1.165, 1.54) is 12.1 Å². The van der Waals surface area contributed by atoms with Crippen LogP contribution in [0.5, 0.6) is 11.5 Å². The van der Waals surface area contributed by atoms with Gasteiger partial charge < -0.3 is 4.74 Å². The molecule has 0 amide bonds. The third-order valence-electron chi connectivity index (χ3n) is 2.70. The lowest BCUT2D eigenvalue weighted by Crippen LogP contribution is -2.04. The van der Waals surface area contributed by atoms with Gasteiger partial charge in [0.25, 0.3) is 5.69 Å². The van der Waals surface area contributed by atoms with Gasteiger partial charge in [0.05, 0.1) is 16.6 Å². The maximum Gasteiger partial charge on any atom is 0.416 e. The van der Waals surface area contributed by atoms with Gasteiger partial charge in [-0.25, -0.2) is 0 Å². The van der Waals surface area contributed by atoms with Crippen LogP contribution in [0.3, 0.4) is 0 Å². The van der Waals surface area contributed by atoms with Crippen molar-refractivity contribution < 1.29 is 22.8 Å². The van der Waals surface area contributed by atoms with Gasteiger partial charge in [-0.3, -0.25) is 10.1 Å². The highest BCUT2D eigenvalue weighted by molar-refractivity contribution is 5.53. The van der Waals surface area contributed by atoms with Gasteiger partial charge in [-0.15, -0.1) is 0 Å². The first-order valence-corrected chi connectivity index (χ1v) is 5.85. The molecule has 0 spiro atoms. The van der Waals surface area contributed by atoms with Crippen molar-refractivity contribution in [1.82, 2.24) is 0 Å². The second kappa shape index (κ2) is 5.73. The third kappa shape index (κ3) is 3.32. The fourth-order valence-electron chi connectivity index (χ4n) is 1.67. The van der Waals surface area contributed by atoms with Gasteiger partial charge in [0.2, 0.25) is 0 Å². The number of alkyl halides is 3. The molecule has 0 aliphatic carbocycles. The van der Waals surface area contributed by atoms with Crippen molar-refractivity contribution in [2.24, 2.45) is 0 Å². The van der Waals surface area contributed by atoms with Crippen LogP contribution in [0.2, 0.25) is 0 Å². The van der Waals surface area contributed by atoms with E-state index in [0.717, 1.165) is 30.3 Å². The Balaban J connectivity index is 2.26. The molecule has 0 atom stereocenters. The zero-order valence-corrected chi connectivity index (χ0v) is 10.8. The SMILES string of the molecule is N#Cc1ccc(Oc2ccc(C(F)(F)F)cc2)cc1[N+](=O)[O-]. The number of nitro benzene ring substituents is 1. The molecule has 0 aliphatic rings. The molecular formula is C14H7F3N2O3. The van der Waals surface area contributed by atoms with Crippen molar-refractivity contribution in [3.8, 4) is 17.6 Å². The summed E-state index contributed by atoms with van der Waals surface area (Å²) in [6.07, 6.45) is -4.45. The average Bonchev–Trinajstić information content (AvgIpc) is 2.46. The standard InChI is InChI=1S/C14H7F3N2O3/c15-14(16,17)10-2-5-11(6-3-10)22-12-4-1-9(8-18)13(7-12)19(20)21/h1-7H. The van der Waals surface area contributed by atoms with Crippen molar-refractivity contribution >= 4 is 5.69 Å². The normalized spacial score (nSPS) is 10.8. The van der Waals surface area contributed by atoms with E-state index in [0.29, 0.717) is 0 Å². The van der Waals surface area contributed by atoms with Crippen LogP contribution in [0, 0.1) is 21.4 Å². The van der Waals surface area contributed by atoms with Gasteiger partial charge in [-0.05, 0) is 36.4 Å². The molecule has 0 heterocycles. The van der Waals surface area contributed by atoms with E-state index in [-0.39, 0.29) is 17.1 Å². The number of ether oxygens (including phenoxy) is 1. The third-order valence-corrected chi connectivity index (χ3v) is 2.70. The number of nitrogens with zero attached hydrogens (tertiary/aromatic N) is 2. The minimum atomic E-state index is -4.45. The minimum Gasteiger partial charge on any atom is -0.457 e. The molecule has 0 unspecified atom stereocenters. The van der Waals surface area contributed by atoms with Crippen molar-refractivity contribution in [3.63, 3.8) is 0 Å². The summed E-state index contributed by atoms with van der Waals surface area (Å²) in [5.74, 6) is 0.137. The molecule has 0 N–H and O–H groups in total. The predicted molar refractivity (Wildman–Crippen MR) is 69.3 cm³/mol. The van der Waals surface area contributed by atoms with Gasteiger partial charge >= 0.3 is 6.18 Å². The summed E-state index contributed by atoms with van der Waals surface area (Å²) in [4.78, 5) is 10.1. The Morgan fingerprint density at radius 3 is 2.18 bits per heavy atom. The molecule has 8 heteroatoms. The number of hydrogen-bond donors (Lipinski definition) is 0. The first kappa shape index (κ1) is 15.3. The van der Waals surface area contributed by atoms with Crippen LogP contribution in [-0.4, -0.2) is 4.92 Å². The van der Waals surface area contributed by atoms with Gasteiger partial charge in [0.15, 0.2) is 0 Å². The second-order valence-corrected chi connectivity index (χ2v) is 4.17. The van der Waals surface area contributed by atoms with E-state index in [1.54, 1.807) is 6.07 Å². The maximum absolute atomic E-state index is 12.4. The fraction of sp³-hybridized carbons (Fsp3) is 0.0714. The lowest BCUT2D eigenvalue weighted by Gasteiger charge is -2.09. The van der Waals surface area contributed by atoms with Gasteiger partial charge in [-0.1, -0.05) is 0 Å². The van der Waals surface area contributed by atoms with Gasteiger partial charge in [-0.2, -0.15) is 18.4 Å². The summed E-state index contributed by atoms with van der Waals surface area (Å²) >= 11 is 0. The molecule has 0 fully saturated rings. The molecule has 0 saturated carbocycles. The smallest absolute Gasteiger partial charge is 0.416 e. The Morgan fingerprint density at radius 1 is 1.09 bits per heavy atom. The number of nitro groups is 1. The van der Waals surface area contributed by atoms with E-state index < -0.39 is 22.4 Å². The van der Waals surface area contributed by atoms with Crippen molar-refractivity contribution in [2.45, 2.75) is 6.18 Å². The van der Waals surface area contributed by atoms with Crippen molar-refractivity contribution in [3.05, 3.63) is 63.7 Å². The Bertz CT molecular complexity index is 749. The Morgan fingerprint density at radius 2 is 1.68 bits per heavy atom. The van der Waals surface area contributed by atoms with E-state index in [9.17, 15) is 23.3 Å². The van der Waals surface area contributed by atoms with Gasteiger partial charge in [0.1, 0.15) is 23.1 Å². The highest BCUT2D eigenvalue weighted by Crippen LogP contribution is 2.32. The maximum atomic E-state index is 12.4. The van der Waals surface area contributed by atoms with E-state index in [2.05, 4.69) is 0 Å². The number of rotatable bonds is 3. The molecule has 2 rings (SSSR count). The Labute approximate surface area is 122 Å². The molecular weight excluding hydrogens is 301 g/mol. The summed E-state index contributed by atoms with van der Waals surface area (Å²) in [7, 11) is 0. The quantitative estimate of drug-likeness (QED) is 0.626. The number of hydrogen-bond acceptors (Lipinski definition) is 4. The Kier molecular flexibility index (Phi) is 3.99. The highest BCUT2D eigenvalue weighted by Gasteiger charge is 2.30. The highest BCUT2D eigenvalue weighted by atomic mass is 19.4. The molecule has 0 aliphatic heterocycles. The summed E-state index contributed by atoms with van der Waals surface area (Å²) in [5, 5.41) is 19.6.